The molecular formula is C22H17Br2N3S3. The molecule has 8 heteroatoms. The Bertz CT molecular complexity index is 1220. The van der Waals surface area contributed by atoms with Gasteiger partial charge < -0.3 is 5.73 Å². The summed E-state index contributed by atoms with van der Waals surface area (Å²) in [6.07, 6.45) is 2.92. The van der Waals surface area contributed by atoms with Crippen LogP contribution in [-0.2, 0) is 6.42 Å². The van der Waals surface area contributed by atoms with E-state index in [0.717, 1.165) is 30.7 Å². The summed E-state index contributed by atoms with van der Waals surface area (Å²) in [4.78, 5) is 11.7. The topological polar surface area (TPSA) is 51.8 Å². The highest BCUT2D eigenvalue weighted by Gasteiger charge is 2.34. The highest BCUT2D eigenvalue weighted by Crippen LogP contribution is 2.56. The van der Waals surface area contributed by atoms with Gasteiger partial charge in [-0.15, -0.1) is 23.1 Å². The van der Waals surface area contributed by atoms with Crippen molar-refractivity contribution in [3.8, 4) is 0 Å². The van der Waals surface area contributed by atoms with Gasteiger partial charge in [0.25, 0.3) is 0 Å². The van der Waals surface area contributed by atoms with Crippen molar-refractivity contribution >= 4 is 82.8 Å². The van der Waals surface area contributed by atoms with E-state index in [1.54, 1.807) is 11.3 Å². The predicted molar refractivity (Wildman–Crippen MR) is 138 cm³/mol. The Morgan fingerprint density at radius 2 is 1.60 bits per heavy atom. The molecule has 0 amide bonds. The van der Waals surface area contributed by atoms with Crippen LogP contribution in [0.2, 0.25) is 0 Å². The minimum Gasteiger partial charge on any atom is -0.383 e. The SMILES string of the molecule is CSc1nc(N)c2c3c(sc2n1)[C@H](c1ccc(Br)cc1)S[C@@H](c1ccc(Br)cc1)C3. The summed E-state index contributed by atoms with van der Waals surface area (Å²) < 4.78 is 2.19. The molecule has 1 aliphatic heterocycles. The largest absolute Gasteiger partial charge is 0.383 e. The van der Waals surface area contributed by atoms with Crippen molar-refractivity contribution in [1.29, 1.82) is 0 Å². The highest BCUT2D eigenvalue weighted by atomic mass is 79.9. The van der Waals surface area contributed by atoms with E-state index in [-0.39, 0.29) is 5.25 Å². The number of hydrogen-bond donors (Lipinski definition) is 1. The zero-order chi connectivity index (χ0) is 20.8. The number of nitrogen functional groups attached to an aromatic ring is 1. The van der Waals surface area contributed by atoms with Gasteiger partial charge in [-0.05, 0) is 53.6 Å². The fourth-order valence-electron chi connectivity index (χ4n) is 3.79. The second-order valence-corrected chi connectivity index (χ2v) is 12.0. The van der Waals surface area contributed by atoms with Crippen LogP contribution in [0.5, 0.6) is 0 Å². The molecule has 0 bridgehead atoms. The van der Waals surface area contributed by atoms with Gasteiger partial charge in [0.1, 0.15) is 10.6 Å². The minimum absolute atomic E-state index is 0.242. The summed E-state index contributed by atoms with van der Waals surface area (Å²) in [5.74, 6) is 0.595. The standard InChI is InChI=1S/C22H17Br2N3S3/c1-28-22-26-20(25)17-15-10-16(11-2-6-13(23)7-3-11)29-18(19(15)30-21(17)27-22)12-4-8-14(24)9-5-12/h2-9,16,18H,10H2,1H3,(H2,25,26,27)/t16-,18+/m1/s1. The zero-order valence-corrected chi connectivity index (χ0v) is 21.6. The Kier molecular flexibility index (Phi) is 5.88. The van der Waals surface area contributed by atoms with Crippen LogP contribution in [0.15, 0.2) is 62.6 Å². The first-order valence-electron chi connectivity index (χ1n) is 9.32. The molecule has 152 valence electrons. The Labute approximate surface area is 204 Å². The molecule has 0 spiro atoms. The number of thioether (sulfide) groups is 2. The summed E-state index contributed by atoms with van der Waals surface area (Å²) in [6.45, 7) is 0. The quantitative estimate of drug-likeness (QED) is 0.200. The lowest BCUT2D eigenvalue weighted by Gasteiger charge is -2.30. The molecule has 2 atom stereocenters. The molecule has 2 N–H and O–H groups in total. The first-order valence-corrected chi connectivity index (χ1v) is 13.9. The Balaban J connectivity index is 1.69. The lowest BCUT2D eigenvalue weighted by atomic mass is 9.98. The van der Waals surface area contributed by atoms with Crippen LogP contribution in [0.4, 0.5) is 5.82 Å². The number of hydrogen-bond acceptors (Lipinski definition) is 6. The summed E-state index contributed by atoms with van der Waals surface area (Å²) in [7, 11) is 0. The molecule has 4 aromatic rings. The average molecular weight is 579 g/mol. The fraction of sp³-hybridized carbons (Fsp3) is 0.182. The van der Waals surface area contributed by atoms with Crippen LogP contribution >= 0.6 is 66.7 Å². The molecule has 0 unspecified atom stereocenters. The maximum Gasteiger partial charge on any atom is 0.190 e. The molecular weight excluding hydrogens is 562 g/mol. The maximum atomic E-state index is 6.43. The molecule has 3 heterocycles. The van der Waals surface area contributed by atoms with E-state index in [1.807, 2.05) is 18.0 Å². The predicted octanol–water partition coefficient (Wildman–Crippen LogP) is 7.64. The number of thiophene rings is 1. The van der Waals surface area contributed by atoms with Gasteiger partial charge in [-0.25, -0.2) is 9.97 Å². The second-order valence-electron chi connectivity index (χ2n) is 7.03. The first kappa shape index (κ1) is 20.8. The molecule has 3 nitrogen and oxygen atoms in total. The molecule has 0 saturated carbocycles. The third kappa shape index (κ3) is 3.81. The molecule has 1 aliphatic rings. The van der Waals surface area contributed by atoms with Crippen LogP contribution in [-0.4, -0.2) is 16.2 Å². The van der Waals surface area contributed by atoms with Gasteiger partial charge in [0.15, 0.2) is 5.16 Å². The fourth-order valence-corrected chi connectivity index (χ4v) is 7.77. The van der Waals surface area contributed by atoms with Crippen LogP contribution in [0, 0.1) is 0 Å². The van der Waals surface area contributed by atoms with Crippen LogP contribution in [0.25, 0.3) is 10.2 Å². The van der Waals surface area contributed by atoms with E-state index in [2.05, 4.69) is 85.4 Å². The first-order chi connectivity index (χ1) is 14.5. The Hall–Kier alpha value is -1.06. The summed E-state index contributed by atoms with van der Waals surface area (Å²) in [6, 6.07) is 17.3. The molecule has 0 fully saturated rings. The van der Waals surface area contributed by atoms with Gasteiger partial charge in [-0.2, -0.15) is 0 Å². The highest BCUT2D eigenvalue weighted by molar-refractivity contribution is 9.10. The zero-order valence-electron chi connectivity index (χ0n) is 15.9. The van der Waals surface area contributed by atoms with Gasteiger partial charge >= 0.3 is 0 Å². The van der Waals surface area contributed by atoms with Gasteiger partial charge in [-0.3, -0.25) is 0 Å². The van der Waals surface area contributed by atoms with Crippen molar-refractivity contribution in [1.82, 2.24) is 9.97 Å². The number of benzene rings is 2. The van der Waals surface area contributed by atoms with E-state index in [1.165, 1.54) is 33.3 Å². The minimum atomic E-state index is 0.242. The molecule has 5 rings (SSSR count). The molecule has 30 heavy (non-hydrogen) atoms. The van der Waals surface area contributed by atoms with Gasteiger partial charge in [0.2, 0.25) is 0 Å². The molecule has 0 saturated heterocycles. The van der Waals surface area contributed by atoms with E-state index < -0.39 is 0 Å². The number of anilines is 1. The number of fused-ring (bicyclic) bond motifs is 3. The maximum absolute atomic E-state index is 6.43. The summed E-state index contributed by atoms with van der Waals surface area (Å²) in [5.41, 5.74) is 10.4. The van der Waals surface area contributed by atoms with Crippen molar-refractivity contribution in [2.45, 2.75) is 22.1 Å². The smallest absolute Gasteiger partial charge is 0.190 e. The van der Waals surface area contributed by atoms with Crippen molar-refractivity contribution in [2.75, 3.05) is 12.0 Å². The molecule has 0 aliphatic carbocycles. The Morgan fingerprint density at radius 1 is 0.967 bits per heavy atom. The Morgan fingerprint density at radius 3 is 2.23 bits per heavy atom. The molecule has 2 aromatic heterocycles. The summed E-state index contributed by atoms with van der Waals surface area (Å²) in [5, 5.41) is 2.36. The van der Waals surface area contributed by atoms with E-state index in [4.69, 9.17) is 10.7 Å². The van der Waals surface area contributed by atoms with E-state index in [0.29, 0.717) is 11.1 Å². The van der Waals surface area contributed by atoms with Crippen LogP contribution in [0.3, 0.4) is 0 Å². The van der Waals surface area contributed by atoms with Crippen molar-refractivity contribution in [2.24, 2.45) is 0 Å². The monoisotopic (exact) mass is 577 g/mol. The van der Waals surface area contributed by atoms with Gasteiger partial charge in [0.05, 0.1) is 10.6 Å². The van der Waals surface area contributed by atoms with E-state index in [9.17, 15) is 0 Å². The van der Waals surface area contributed by atoms with Gasteiger partial charge in [-0.1, -0.05) is 67.9 Å². The number of rotatable bonds is 3. The summed E-state index contributed by atoms with van der Waals surface area (Å²) >= 11 is 12.4. The third-order valence-electron chi connectivity index (χ3n) is 5.21. The van der Waals surface area contributed by atoms with Crippen LogP contribution < -0.4 is 5.73 Å². The lowest BCUT2D eigenvalue weighted by molar-refractivity contribution is 0.893. The van der Waals surface area contributed by atoms with Crippen LogP contribution in [0.1, 0.15) is 32.1 Å². The van der Waals surface area contributed by atoms with Crippen molar-refractivity contribution in [3.05, 3.63) is 79.0 Å². The average Bonchev–Trinajstić information content (AvgIpc) is 3.13. The second kappa shape index (κ2) is 8.47. The van der Waals surface area contributed by atoms with Crippen molar-refractivity contribution < 1.29 is 0 Å². The van der Waals surface area contributed by atoms with E-state index >= 15 is 0 Å². The number of halogens is 2. The van der Waals surface area contributed by atoms with Crippen molar-refractivity contribution in [3.63, 3.8) is 0 Å². The molecule has 2 aromatic carbocycles. The lowest BCUT2D eigenvalue weighted by Crippen LogP contribution is -2.12. The third-order valence-corrected chi connectivity index (χ3v) is 9.71. The number of aromatic nitrogens is 2. The molecule has 0 radical (unpaired) electrons. The van der Waals surface area contributed by atoms with Gasteiger partial charge in [0, 0.05) is 19.1 Å². The number of nitrogens with zero attached hydrogens (tertiary/aromatic N) is 2. The number of nitrogens with two attached hydrogens (primary N) is 1. The normalized spacial score (nSPS) is 18.5.